The van der Waals surface area contributed by atoms with Gasteiger partial charge >= 0.3 is 0 Å². The molecule has 150 valence electrons. The van der Waals surface area contributed by atoms with Crippen LogP contribution in [-0.4, -0.2) is 21.6 Å². The maximum absolute atomic E-state index is 13.5. The molecule has 6 rings (SSSR count). The number of benzene rings is 1. The third-order valence-corrected chi connectivity index (χ3v) is 8.41. The highest BCUT2D eigenvalue weighted by atomic mass is 32.1. The first-order valence-electron chi connectivity index (χ1n) is 11.1. The van der Waals surface area contributed by atoms with Crippen LogP contribution in [0.25, 0.3) is 10.2 Å². The third kappa shape index (κ3) is 3.06. The molecule has 4 nitrogen and oxygen atoms in total. The van der Waals surface area contributed by atoms with Gasteiger partial charge in [0.15, 0.2) is 0 Å². The fourth-order valence-corrected chi connectivity index (χ4v) is 7.00. The normalized spacial score (nSPS) is 22.3. The smallest absolute Gasteiger partial charge is 0.262 e. The molecular formula is C24H27N3OS. The number of hydrogen-bond acceptors (Lipinski definition) is 4. The van der Waals surface area contributed by atoms with Gasteiger partial charge < -0.3 is 5.32 Å². The Balaban J connectivity index is 1.30. The molecule has 0 bridgehead atoms. The molecule has 29 heavy (non-hydrogen) atoms. The third-order valence-electron chi connectivity index (χ3n) is 7.24. The Hall–Kier alpha value is -1.98. The van der Waals surface area contributed by atoms with Crippen LogP contribution in [0, 0.1) is 0 Å². The zero-order valence-electron chi connectivity index (χ0n) is 16.7. The van der Waals surface area contributed by atoms with E-state index in [2.05, 4.69) is 29.6 Å². The number of aryl methyl sites for hydroxylation is 1. The van der Waals surface area contributed by atoms with Gasteiger partial charge in [0.1, 0.15) is 4.83 Å². The van der Waals surface area contributed by atoms with Gasteiger partial charge in [-0.25, -0.2) is 4.98 Å². The van der Waals surface area contributed by atoms with Crippen LogP contribution in [0.3, 0.4) is 0 Å². The van der Waals surface area contributed by atoms with E-state index >= 15 is 0 Å². The van der Waals surface area contributed by atoms with Gasteiger partial charge in [0.2, 0.25) is 0 Å². The molecule has 0 amide bonds. The zero-order chi connectivity index (χ0) is 19.4. The molecule has 1 saturated carbocycles. The van der Waals surface area contributed by atoms with Crippen molar-refractivity contribution in [2.45, 2.75) is 75.9 Å². The van der Waals surface area contributed by atoms with Crippen molar-refractivity contribution in [2.75, 3.05) is 0 Å². The van der Waals surface area contributed by atoms with Gasteiger partial charge in [-0.2, -0.15) is 0 Å². The van der Waals surface area contributed by atoms with Gasteiger partial charge in [-0.05, 0) is 61.6 Å². The summed E-state index contributed by atoms with van der Waals surface area (Å²) < 4.78 is 1.91. The Kier molecular flexibility index (Phi) is 4.35. The molecule has 0 saturated heterocycles. The molecule has 0 radical (unpaired) electrons. The summed E-state index contributed by atoms with van der Waals surface area (Å²) in [6.07, 6.45) is 12.3. The molecule has 2 aromatic heterocycles. The molecule has 1 unspecified atom stereocenters. The predicted molar refractivity (Wildman–Crippen MR) is 118 cm³/mol. The van der Waals surface area contributed by atoms with Crippen LogP contribution in [0.4, 0.5) is 0 Å². The van der Waals surface area contributed by atoms with E-state index in [1.807, 2.05) is 4.57 Å². The number of hydrogen-bond donors (Lipinski definition) is 1. The van der Waals surface area contributed by atoms with E-state index in [1.54, 1.807) is 17.7 Å². The van der Waals surface area contributed by atoms with Crippen molar-refractivity contribution in [1.29, 1.82) is 0 Å². The summed E-state index contributed by atoms with van der Waals surface area (Å²) in [5.41, 5.74) is 4.21. The summed E-state index contributed by atoms with van der Waals surface area (Å²) in [5, 5.41) is 4.79. The molecule has 1 atom stereocenters. The van der Waals surface area contributed by atoms with Gasteiger partial charge in [-0.1, -0.05) is 37.1 Å². The molecule has 3 aromatic rings. The minimum atomic E-state index is 0.174. The molecule has 1 aromatic carbocycles. The fourth-order valence-electron chi connectivity index (χ4n) is 5.74. The molecule has 5 heteroatoms. The average molecular weight is 406 g/mol. The lowest BCUT2D eigenvalue weighted by Gasteiger charge is -2.26. The minimum Gasteiger partial charge on any atom is -0.311 e. The largest absolute Gasteiger partial charge is 0.311 e. The molecule has 0 spiro atoms. The fraction of sp³-hybridized carbons (Fsp3) is 0.500. The maximum atomic E-state index is 13.5. The lowest BCUT2D eigenvalue weighted by Crippen LogP contribution is -2.40. The van der Waals surface area contributed by atoms with E-state index in [9.17, 15) is 4.79 Å². The highest BCUT2D eigenvalue weighted by molar-refractivity contribution is 7.18. The van der Waals surface area contributed by atoms with E-state index in [4.69, 9.17) is 4.98 Å². The molecule has 1 N–H and O–H groups in total. The van der Waals surface area contributed by atoms with Gasteiger partial charge in [0.25, 0.3) is 5.56 Å². The topological polar surface area (TPSA) is 46.9 Å². The summed E-state index contributed by atoms with van der Waals surface area (Å²) >= 11 is 1.75. The summed E-state index contributed by atoms with van der Waals surface area (Å²) in [6.45, 7) is 0. The number of fused-ring (bicyclic) bond motifs is 4. The van der Waals surface area contributed by atoms with E-state index in [1.165, 1.54) is 47.3 Å². The Morgan fingerprint density at radius 1 is 1.00 bits per heavy atom. The maximum Gasteiger partial charge on any atom is 0.262 e. The van der Waals surface area contributed by atoms with Gasteiger partial charge in [-0.3, -0.25) is 9.36 Å². The van der Waals surface area contributed by atoms with E-state index in [0.29, 0.717) is 12.1 Å². The summed E-state index contributed by atoms with van der Waals surface area (Å²) in [4.78, 5) is 20.5. The number of nitrogens with one attached hydrogen (secondary N) is 1. The van der Waals surface area contributed by atoms with Gasteiger partial charge in [-0.15, -0.1) is 11.3 Å². The second kappa shape index (κ2) is 7.06. The van der Waals surface area contributed by atoms with E-state index in [-0.39, 0.29) is 11.6 Å². The van der Waals surface area contributed by atoms with Crippen molar-refractivity contribution in [3.05, 3.63) is 62.5 Å². The molecule has 0 aliphatic heterocycles. The monoisotopic (exact) mass is 405 g/mol. The molecule has 1 fully saturated rings. The number of nitrogens with zero attached hydrogens (tertiary/aromatic N) is 2. The van der Waals surface area contributed by atoms with Crippen molar-refractivity contribution in [2.24, 2.45) is 0 Å². The van der Waals surface area contributed by atoms with Crippen molar-refractivity contribution in [3.8, 4) is 0 Å². The molecule has 3 aliphatic carbocycles. The Labute approximate surface area is 175 Å². The Morgan fingerprint density at radius 2 is 1.76 bits per heavy atom. The number of aromatic nitrogens is 2. The van der Waals surface area contributed by atoms with Crippen LogP contribution >= 0.6 is 11.3 Å². The van der Waals surface area contributed by atoms with E-state index in [0.717, 1.165) is 42.3 Å². The summed E-state index contributed by atoms with van der Waals surface area (Å²) in [7, 11) is 0. The van der Waals surface area contributed by atoms with Crippen molar-refractivity contribution >= 4 is 21.6 Å². The van der Waals surface area contributed by atoms with Crippen LogP contribution in [0.2, 0.25) is 0 Å². The Bertz CT molecular complexity index is 1100. The number of rotatable bonds is 3. The summed E-state index contributed by atoms with van der Waals surface area (Å²) in [5.74, 6) is 0. The van der Waals surface area contributed by atoms with Crippen molar-refractivity contribution in [1.82, 2.24) is 14.9 Å². The van der Waals surface area contributed by atoms with Crippen LogP contribution < -0.4 is 10.9 Å². The predicted octanol–water partition coefficient (Wildman–Crippen LogP) is 4.19. The minimum absolute atomic E-state index is 0.174. The summed E-state index contributed by atoms with van der Waals surface area (Å²) in [6, 6.07) is 10.0. The SMILES string of the molecule is O=c1c2c3c(sc2ncn1C1Cc2ccccc2C1)CC(NC1CCCC1)CC3. The zero-order valence-corrected chi connectivity index (χ0v) is 17.5. The number of thiophene rings is 1. The van der Waals surface area contributed by atoms with Crippen LogP contribution in [0.15, 0.2) is 35.4 Å². The average Bonchev–Trinajstić information content (AvgIpc) is 3.45. The van der Waals surface area contributed by atoms with Crippen LogP contribution in [0.1, 0.15) is 59.7 Å². The Morgan fingerprint density at radius 3 is 2.52 bits per heavy atom. The molecule has 3 aliphatic rings. The molecule has 2 heterocycles. The first kappa shape index (κ1) is 17.8. The highest BCUT2D eigenvalue weighted by Gasteiger charge is 2.29. The quantitative estimate of drug-likeness (QED) is 0.711. The first-order chi connectivity index (χ1) is 14.3. The standard InChI is InChI=1S/C24H27N3OS/c28-24-22-20-10-9-18(26-17-7-3-4-8-17)13-21(20)29-23(22)25-14-27(24)19-11-15-5-1-2-6-16(15)12-19/h1-2,5-6,14,17-19,26H,3-4,7-13H2. The second-order valence-electron chi connectivity index (χ2n) is 9.06. The van der Waals surface area contributed by atoms with Crippen molar-refractivity contribution < 1.29 is 0 Å². The first-order valence-corrected chi connectivity index (χ1v) is 11.9. The lowest BCUT2D eigenvalue weighted by molar-refractivity contribution is 0.399. The van der Waals surface area contributed by atoms with Crippen molar-refractivity contribution in [3.63, 3.8) is 0 Å². The van der Waals surface area contributed by atoms with E-state index < -0.39 is 0 Å². The van der Waals surface area contributed by atoms with Crippen LogP contribution in [0.5, 0.6) is 0 Å². The van der Waals surface area contributed by atoms with Crippen LogP contribution in [-0.2, 0) is 25.7 Å². The highest BCUT2D eigenvalue weighted by Crippen LogP contribution is 2.35. The van der Waals surface area contributed by atoms with Gasteiger partial charge in [0.05, 0.1) is 11.7 Å². The lowest BCUT2D eigenvalue weighted by atomic mass is 9.92. The molecular weight excluding hydrogens is 378 g/mol. The van der Waals surface area contributed by atoms with Gasteiger partial charge in [0, 0.05) is 23.0 Å². The second-order valence-corrected chi connectivity index (χ2v) is 10.1.